The van der Waals surface area contributed by atoms with Crippen LogP contribution in [0.2, 0.25) is 0 Å². The number of aliphatic hydroxyl groups excluding tert-OH is 1. The molecule has 1 N–H and O–H groups in total. The molecule has 13 heavy (non-hydrogen) atoms. The molecule has 0 unspecified atom stereocenters. The van der Waals surface area contributed by atoms with Crippen LogP contribution in [0.4, 0.5) is 5.95 Å². The number of hydrogen-bond acceptors (Lipinski definition) is 4. The summed E-state index contributed by atoms with van der Waals surface area (Å²) in [5.41, 5.74) is 0. The van der Waals surface area contributed by atoms with Crippen LogP contribution >= 0.6 is 22.6 Å². The van der Waals surface area contributed by atoms with E-state index in [0.717, 1.165) is 22.6 Å². The van der Waals surface area contributed by atoms with Crippen LogP contribution in [0.15, 0.2) is 12.4 Å². The predicted molar refractivity (Wildman–Crippen MR) is 57.5 cm³/mol. The van der Waals surface area contributed by atoms with Crippen molar-refractivity contribution in [3.63, 3.8) is 0 Å². The fourth-order valence-corrected chi connectivity index (χ4v) is 1.60. The normalized spacial score (nSPS) is 17.2. The molecule has 2 rings (SSSR count). The first-order valence-corrected chi connectivity index (χ1v) is 5.21. The summed E-state index contributed by atoms with van der Waals surface area (Å²) >= 11 is 2.18. The Balaban J connectivity index is 1.99. The van der Waals surface area contributed by atoms with Gasteiger partial charge < -0.3 is 10.0 Å². The second-order valence-corrected chi connectivity index (χ2v) is 4.40. The summed E-state index contributed by atoms with van der Waals surface area (Å²) in [4.78, 5) is 10.5. The van der Waals surface area contributed by atoms with E-state index < -0.39 is 0 Å². The Hall–Kier alpha value is -0.430. The van der Waals surface area contributed by atoms with Crippen molar-refractivity contribution < 1.29 is 5.11 Å². The van der Waals surface area contributed by atoms with Crippen molar-refractivity contribution in [1.82, 2.24) is 9.97 Å². The first kappa shape index (κ1) is 9.14. The van der Waals surface area contributed by atoms with Gasteiger partial charge in [-0.1, -0.05) is 0 Å². The Kier molecular flexibility index (Phi) is 2.63. The molecule has 0 radical (unpaired) electrons. The Morgan fingerprint density at radius 2 is 2.08 bits per heavy atom. The molecular weight excluding hydrogens is 281 g/mol. The standard InChI is InChI=1S/C8H10IN3O/c9-7-1-10-8(11-2-7)12-3-6(4-12)5-13/h1-2,6,13H,3-5H2. The SMILES string of the molecule is OCC1CN(c2ncc(I)cn2)C1. The second-order valence-electron chi connectivity index (χ2n) is 3.15. The van der Waals surface area contributed by atoms with Gasteiger partial charge in [-0.3, -0.25) is 0 Å². The zero-order valence-electron chi connectivity index (χ0n) is 7.02. The molecule has 1 aromatic heterocycles. The quantitative estimate of drug-likeness (QED) is 0.807. The molecule has 0 bridgehead atoms. The lowest BCUT2D eigenvalue weighted by Crippen LogP contribution is -2.49. The molecule has 4 nitrogen and oxygen atoms in total. The molecule has 0 spiro atoms. The molecule has 0 amide bonds. The average Bonchev–Trinajstić information content (AvgIpc) is 2.06. The third kappa shape index (κ3) is 1.91. The van der Waals surface area contributed by atoms with Crippen molar-refractivity contribution in [3.05, 3.63) is 16.0 Å². The number of aliphatic hydroxyl groups is 1. The minimum atomic E-state index is 0.265. The molecule has 0 aliphatic carbocycles. The lowest BCUT2D eigenvalue weighted by Gasteiger charge is -2.38. The highest BCUT2D eigenvalue weighted by Gasteiger charge is 2.27. The van der Waals surface area contributed by atoms with Gasteiger partial charge in [0.1, 0.15) is 0 Å². The smallest absolute Gasteiger partial charge is 0.225 e. The summed E-state index contributed by atoms with van der Waals surface area (Å²) in [6.07, 6.45) is 3.60. The highest BCUT2D eigenvalue weighted by molar-refractivity contribution is 14.1. The van der Waals surface area contributed by atoms with Crippen LogP contribution in [0, 0.1) is 9.49 Å². The Bertz CT molecular complexity index is 284. The van der Waals surface area contributed by atoms with Gasteiger partial charge in [0.15, 0.2) is 0 Å². The van der Waals surface area contributed by atoms with E-state index in [9.17, 15) is 0 Å². The van der Waals surface area contributed by atoms with Crippen molar-refractivity contribution in [1.29, 1.82) is 0 Å². The van der Waals surface area contributed by atoms with E-state index in [4.69, 9.17) is 5.11 Å². The summed E-state index contributed by atoms with van der Waals surface area (Å²) < 4.78 is 1.04. The average molecular weight is 291 g/mol. The molecule has 1 aliphatic heterocycles. The fraction of sp³-hybridized carbons (Fsp3) is 0.500. The minimum Gasteiger partial charge on any atom is -0.396 e. The molecule has 0 saturated carbocycles. The Labute approximate surface area is 90.1 Å². The van der Waals surface area contributed by atoms with E-state index in [2.05, 4.69) is 37.5 Å². The highest BCUT2D eigenvalue weighted by atomic mass is 127. The van der Waals surface area contributed by atoms with Gasteiger partial charge in [-0.15, -0.1) is 0 Å². The van der Waals surface area contributed by atoms with Crippen LogP contribution < -0.4 is 4.90 Å². The van der Waals surface area contributed by atoms with Crippen LogP contribution in [-0.2, 0) is 0 Å². The maximum atomic E-state index is 8.83. The van der Waals surface area contributed by atoms with Crippen molar-refractivity contribution in [2.45, 2.75) is 0 Å². The van der Waals surface area contributed by atoms with Crippen LogP contribution in [0.25, 0.3) is 0 Å². The van der Waals surface area contributed by atoms with Gasteiger partial charge in [-0.2, -0.15) is 0 Å². The fourth-order valence-electron chi connectivity index (χ4n) is 1.32. The summed E-state index contributed by atoms with van der Waals surface area (Å²) in [6.45, 7) is 2.01. The topological polar surface area (TPSA) is 49.2 Å². The van der Waals surface area contributed by atoms with Crippen molar-refractivity contribution in [2.24, 2.45) is 5.92 Å². The molecule has 1 fully saturated rings. The molecule has 2 heterocycles. The third-order valence-electron chi connectivity index (χ3n) is 2.10. The lowest BCUT2D eigenvalue weighted by atomic mass is 10.0. The lowest BCUT2D eigenvalue weighted by molar-refractivity contribution is 0.199. The van der Waals surface area contributed by atoms with Crippen LogP contribution in [0.5, 0.6) is 0 Å². The molecule has 1 aromatic rings. The summed E-state index contributed by atoms with van der Waals surface area (Å²) in [7, 11) is 0. The van der Waals surface area contributed by atoms with E-state index >= 15 is 0 Å². The molecule has 0 aromatic carbocycles. The van der Waals surface area contributed by atoms with E-state index in [1.54, 1.807) is 12.4 Å². The summed E-state index contributed by atoms with van der Waals surface area (Å²) in [5.74, 6) is 1.17. The van der Waals surface area contributed by atoms with Crippen molar-refractivity contribution in [2.75, 3.05) is 24.6 Å². The molecule has 5 heteroatoms. The van der Waals surface area contributed by atoms with Gasteiger partial charge >= 0.3 is 0 Å². The molecule has 1 saturated heterocycles. The van der Waals surface area contributed by atoms with Gasteiger partial charge in [0.25, 0.3) is 0 Å². The zero-order chi connectivity index (χ0) is 9.26. The maximum Gasteiger partial charge on any atom is 0.225 e. The Morgan fingerprint density at radius 3 is 2.62 bits per heavy atom. The predicted octanol–water partition coefficient (Wildman–Crippen LogP) is 0.510. The molecular formula is C8H10IN3O. The van der Waals surface area contributed by atoms with Gasteiger partial charge in [0, 0.05) is 41.6 Å². The van der Waals surface area contributed by atoms with E-state index in [-0.39, 0.29) is 6.61 Å². The molecule has 0 atom stereocenters. The van der Waals surface area contributed by atoms with Crippen molar-refractivity contribution in [3.8, 4) is 0 Å². The van der Waals surface area contributed by atoms with Crippen molar-refractivity contribution >= 4 is 28.5 Å². The van der Waals surface area contributed by atoms with E-state index in [0.29, 0.717) is 5.92 Å². The largest absolute Gasteiger partial charge is 0.396 e. The van der Waals surface area contributed by atoms with E-state index in [1.807, 2.05) is 0 Å². The summed E-state index contributed by atoms with van der Waals surface area (Å²) in [6, 6.07) is 0. The Morgan fingerprint density at radius 1 is 1.46 bits per heavy atom. The number of anilines is 1. The number of hydrogen-bond donors (Lipinski definition) is 1. The van der Waals surface area contributed by atoms with Gasteiger partial charge in [-0.05, 0) is 22.6 Å². The maximum absolute atomic E-state index is 8.83. The number of nitrogens with zero attached hydrogens (tertiary/aromatic N) is 3. The number of rotatable bonds is 2. The number of aromatic nitrogens is 2. The second kappa shape index (κ2) is 3.75. The monoisotopic (exact) mass is 291 g/mol. The zero-order valence-corrected chi connectivity index (χ0v) is 9.18. The van der Waals surface area contributed by atoms with Gasteiger partial charge in [0.2, 0.25) is 5.95 Å². The molecule has 1 aliphatic rings. The first-order valence-electron chi connectivity index (χ1n) is 4.13. The van der Waals surface area contributed by atoms with Gasteiger partial charge in [-0.25, -0.2) is 9.97 Å². The van der Waals surface area contributed by atoms with Crippen LogP contribution in [0.3, 0.4) is 0 Å². The third-order valence-corrected chi connectivity index (χ3v) is 2.66. The minimum absolute atomic E-state index is 0.265. The summed E-state index contributed by atoms with van der Waals surface area (Å²) in [5, 5.41) is 8.83. The van der Waals surface area contributed by atoms with Gasteiger partial charge in [0.05, 0.1) is 0 Å². The first-order chi connectivity index (χ1) is 6.29. The van der Waals surface area contributed by atoms with E-state index in [1.165, 1.54) is 0 Å². The van der Waals surface area contributed by atoms with Crippen LogP contribution in [-0.4, -0.2) is 34.8 Å². The highest BCUT2D eigenvalue weighted by Crippen LogP contribution is 2.20. The van der Waals surface area contributed by atoms with Crippen LogP contribution in [0.1, 0.15) is 0 Å². The molecule has 70 valence electrons. The number of halogens is 1.